The van der Waals surface area contributed by atoms with Gasteiger partial charge >= 0.3 is 0 Å². The minimum absolute atomic E-state index is 0.513. The van der Waals surface area contributed by atoms with Crippen molar-refractivity contribution in [3.63, 3.8) is 0 Å². The molecule has 2 heteroatoms. The average molecular weight is 153 g/mol. The summed E-state index contributed by atoms with van der Waals surface area (Å²) >= 11 is 0. The smallest absolute Gasteiger partial charge is 0.120 e. The van der Waals surface area contributed by atoms with Gasteiger partial charge in [-0.15, -0.1) is 0 Å². The molecule has 11 heavy (non-hydrogen) atoms. The van der Waals surface area contributed by atoms with Gasteiger partial charge in [0.05, 0.1) is 12.8 Å². The van der Waals surface area contributed by atoms with Gasteiger partial charge in [-0.05, 0) is 18.6 Å². The fourth-order valence-corrected chi connectivity index (χ4v) is 0.882. The first-order chi connectivity index (χ1) is 5.20. The van der Waals surface area contributed by atoms with Crippen LogP contribution in [-0.4, -0.2) is 6.04 Å². The molecular weight excluding hydrogens is 138 g/mol. The summed E-state index contributed by atoms with van der Waals surface area (Å²) in [6.45, 7) is 7.13. The van der Waals surface area contributed by atoms with Crippen molar-refractivity contribution in [3.8, 4) is 0 Å². The monoisotopic (exact) mass is 153 g/mol. The fourth-order valence-electron chi connectivity index (χ4n) is 0.882. The Morgan fingerprint density at radius 2 is 2.27 bits per heavy atom. The largest absolute Gasteiger partial charge is 0.468 e. The van der Waals surface area contributed by atoms with E-state index in [-0.39, 0.29) is 0 Å². The zero-order chi connectivity index (χ0) is 8.27. The molecule has 0 unspecified atom stereocenters. The van der Waals surface area contributed by atoms with Gasteiger partial charge in [-0.3, -0.25) is 0 Å². The Morgan fingerprint density at radius 1 is 1.55 bits per heavy atom. The van der Waals surface area contributed by atoms with E-state index in [9.17, 15) is 0 Å². The maximum absolute atomic E-state index is 5.25. The molecule has 0 atom stereocenters. The van der Waals surface area contributed by atoms with Crippen molar-refractivity contribution >= 4 is 0 Å². The maximum atomic E-state index is 5.25. The molecule has 1 aromatic heterocycles. The third-order valence-corrected chi connectivity index (χ3v) is 1.64. The van der Waals surface area contributed by atoms with Crippen LogP contribution in [0, 0.1) is 6.92 Å². The average Bonchev–Trinajstić information content (AvgIpc) is 2.31. The van der Waals surface area contributed by atoms with Crippen molar-refractivity contribution in [2.75, 3.05) is 0 Å². The molecule has 0 bridgehead atoms. The summed E-state index contributed by atoms with van der Waals surface area (Å²) in [5.74, 6) is 1.04. The molecule has 62 valence electrons. The molecule has 0 aliphatic carbocycles. The molecule has 0 aliphatic rings. The molecule has 0 radical (unpaired) electrons. The lowest BCUT2D eigenvalue weighted by Crippen LogP contribution is -2.21. The van der Waals surface area contributed by atoms with Crippen molar-refractivity contribution in [1.82, 2.24) is 5.32 Å². The highest BCUT2D eigenvalue weighted by molar-refractivity contribution is 5.14. The van der Waals surface area contributed by atoms with Crippen molar-refractivity contribution in [2.45, 2.75) is 33.4 Å². The molecule has 0 aromatic carbocycles. The van der Waals surface area contributed by atoms with Crippen LogP contribution in [0.1, 0.15) is 25.2 Å². The predicted molar refractivity (Wildman–Crippen MR) is 45.4 cm³/mol. The maximum Gasteiger partial charge on any atom is 0.120 e. The first-order valence-corrected chi connectivity index (χ1v) is 3.96. The number of furan rings is 1. The first kappa shape index (κ1) is 8.34. The van der Waals surface area contributed by atoms with E-state index in [1.54, 1.807) is 6.26 Å². The van der Waals surface area contributed by atoms with Gasteiger partial charge in [-0.1, -0.05) is 13.8 Å². The summed E-state index contributed by atoms with van der Waals surface area (Å²) in [5.41, 5.74) is 1.22. The quantitative estimate of drug-likeness (QED) is 0.719. The number of hydrogen-bond acceptors (Lipinski definition) is 2. The van der Waals surface area contributed by atoms with E-state index in [4.69, 9.17) is 4.42 Å². The summed E-state index contributed by atoms with van der Waals surface area (Å²) in [5, 5.41) is 3.29. The highest BCUT2D eigenvalue weighted by atomic mass is 16.3. The van der Waals surface area contributed by atoms with E-state index >= 15 is 0 Å². The third-order valence-electron chi connectivity index (χ3n) is 1.64. The van der Waals surface area contributed by atoms with Gasteiger partial charge in [0.15, 0.2) is 0 Å². The minimum Gasteiger partial charge on any atom is -0.468 e. The SMILES string of the molecule is Cc1ccoc1CNC(C)C. The zero-order valence-electron chi connectivity index (χ0n) is 7.35. The van der Waals surface area contributed by atoms with Crippen molar-refractivity contribution in [3.05, 3.63) is 23.7 Å². The second kappa shape index (κ2) is 3.58. The second-order valence-electron chi connectivity index (χ2n) is 3.06. The standard InChI is InChI=1S/C9H15NO/c1-7(2)10-6-9-8(3)4-5-11-9/h4-5,7,10H,6H2,1-3H3. The Balaban J connectivity index is 2.44. The topological polar surface area (TPSA) is 25.2 Å². The Labute approximate surface area is 67.6 Å². The third kappa shape index (κ3) is 2.39. The molecule has 0 amide bonds. The van der Waals surface area contributed by atoms with Crippen molar-refractivity contribution in [1.29, 1.82) is 0 Å². The lowest BCUT2D eigenvalue weighted by atomic mass is 10.2. The summed E-state index contributed by atoms with van der Waals surface area (Å²) in [7, 11) is 0. The van der Waals surface area contributed by atoms with Crippen LogP contribution in [0.15, 0.2) is 16.7 Å². The van der Waals surface area contributed by atoms with Crippen LogP contribution in [0.4, 0.5) is 0 Å². The zero-order valence-corrected chi connectivity index (χ0v) is 7.35. The number of nitrogens with one attached hydrogen (secondary N) is 1. The van der Waals surface area contributed by atoms with Gasteiger partial charge in [0.25, 0.3) is 0 Å². The highest BCUT2D eigenvalue weighted by Gasteiger charge is 2.00. The van der Waals surface area contributed by atoms with Gasteiger partial charge < -0.3 is 9.73 Å². The molecule has 0 fully saturated rings. The van der Waals surface area contributed by atoms with Crippen molar-refractivity contribution < 1.29 is 4.42 Å². The second-order valence-corrected chi connectivity index (χ2v) is 3.06. The predicted octanol–water partition coefficient (Wildman–Crippen LogP) is 2.09. The van der Waals surface area contributed by atoms with Gasteiger partial charge in [0.2, 0.25) is 0 Å². The van der Waals surface area contributed by atoms with Crippen molar-refractivity contribution in [2.24, 2.45) is 0 Å². The van der Waals surface area contributed by atoms with Crippen LogP contribution in [0.25, 0.3) is 0 Å². The minimum atomic E-state index is 0.513. The summed E-state index contributed by atoms with van der Waals surface area (Å²) in [6, 6.07) is 2.50. The molecule has 0 aliphatic heterocycles. The van der Waals surface area contributed by atoms with E-state index in [1.165, 1.54) is 5.56 Å². The molecule has 0 spiro atoms. The normalized spacial score (nSPS) is 10.9. The number of hydrogen-bond donors (Lipinski definition) is 1. The Hall–Kier alpha value is -0.760. The fraction of sp³-hybridized carbons (Fsp3) is 0.556. The summed E-state index contributed by atoms with van der Waals surface area (Å²) in [4.78, 5) is 0. The van der Waals surface area contributed by atoms with Crippen LogP contribution in [0.5, 0.6) is 0 Å². The van der Waals surface area contributed by atoms with E-state index in [0.717, 1.165) is 12.3 Å². The lowest BCUT2D eigenvalue weighted by Gasteiger charge is -2.05. The molecule has 1 aromatic rings. The lowest BCUT2D eigenvalue weighted by molar-refractivity contribution is 0.462. The van der Waals surface area contributed by atoms with E-state index in [1.807, 2.05) is 6.07 Å². The molecular formula is C9H15NO. The highest BCUT2D eigenvalue weighted by Crippen LogP contribution is 2.07. The number of rotatable bonds is 3. The van der Waals surface area contributed by atoms with Gasteiger partial charge in [-0.25, -0.2) is 0 Å². The van der Waals surface area contributed by atoms with E-state index < -0.39 is 0 Å². The van der Waals surface area contributed by atoms with Crippen LogP contribution in [-0.2, 0) is 6.54 Å². The van der Waals surface area contributed by atoms with Gasteiger partial charge in [0, 0.05) is 6.04 Å². The van der Waals surface area contributed by atoms with E-state index in [0.29, 0.717) is 6.04 Å². The van der Waals surface area contributed by atoms with Crippen LogP contribution >= 0.6 is 0 Å². The number of aryl methyl sites for hydroxylation is 1. The molecule has 0 saturated carbocycles. The Kier molecular flexibility index (Phi) is 2.71. The van der Waals surface area contributed by atoms with Gasteiger partial charge in [-0.2, -0.15) is 0 Å². The molecule has 1 rings (SSSR count). The van der Waals surface area contributed by atoms with Crippen LogP contribution in [0.3, 0.4) is 0 Å². The Bertz CT molecular complexity index is 215. The molecule has 2 nitrogen and oxygen atoms in total. The molecule has 0 saturated heterocycles. The van der Waals surface area contributed by atoms with Gasteiger partial charge in [0.1, 0.15) is 5.76 Å². The summed E-state index contributed by atoms with van der Waals surface area (Å²) in [6.07, 6.45) is 1.73. The van der Waals surface area contributed by atoms with Crippen LogP contribution in [0.2, 0.25) is 0 Å². The summed E-state index contributed by atoms with van der Waals surface area (Å²) < 4.78 is 5.25. The Morgan fingerprint density at radius 3 is 2.73 bits per heavy atom. The van der Waals surface area contributed by atoms with Crippen LogP contribution < -0.4 is 5.32 Å². The van der Waals surface area contributed by atoms with E-state index in [2.05, 4.69) is 26.1 Å². The first-order valence-electron chi connectivity index (χ1n) is 3.96. The molecule has 1 N–H and O–H groups in total. The molecule has 1 heterocycles.